The minimum absolute atomic E-state index is 0.637. The molecular weight excluding hydrogens is 569 g/mol. The molecule has 194 valence electrons. The average Bonchev–Trinajstić information content (AvgIpc) is 2.92. The Morgan fingerprint density at radius 2 is 1.11 bits per heavy atom. The van der Waals surface area contributed by atoms with Crippen LogP contribution >= 0.6 is 12.2 Å². The van der Waals surface area contributed by atoms with E-state index in [0.29, 0.717) is 4.32 Å². The molecule has 1 nitrogen and oxygen atoms in total. The molecule has 0 amide bonds. The van der Waals surface area contributed by atoms with E-state index >= 15 is 0 Å². The van der Waals surface area contributed by atoms with E-state index in [-0.39, 0.29) is 0 Å². The van der Waals surface area contributed by atoms with Gasteiger partial charge in [-0.25, -0.2) is 0 Å². The summed E-state index contributed by atoms with van der Waals surface area (Å²) in [5.74, 6) is 0.794. The van der Waals surface area contributed by atoms with Gasteiger partial charge in [-0.15, -0.1) is 0 Å². The fourth-order valence-electron chi connectivity index (χ4n) is 7.57. The number of piperidine rings is 1. The van der Waals surface area contributed by atoms with Crippen molar-refractivity contribution in [3.05, 3.63) is 35.9 Å². The van der Waals surface area contributed by atoms with Crippen molar-refractivity contribution >= 4 is 48.9 Å². The van der Waals surface area contributed by atoms with Gasteiger partial charge in [0.2, 0.25) is 0 Å². The van der Waals surface area contributed by atoms with Crippen LogP contribution in [0.4, 0.5) is 0 Å². The standard InChI is InChI=1S/C13H17NS2.3C6H11.Sn/c15-13(16)14-8-6-12(7-9-14)10-11-4-2-1-3-5-11;3*1-2-4-6-5-3-1;/h1-5,12H,6-10H2,(H,15,16);3*1H,2-6H2;/q;;;;+1/p-1. The van der Waals surface area contributed by atoms with Crippen molar-refractivity contribution in [3.8, 4) is 0 Å². The van der Waals surface area contributed by atoms with Gasteiger partial charge in [0.1, 0.15) is 0 Å². The quantitative estimate of drug-likeness (QED) is 0.184. The van der Waals surface area contributed by atoms with Gasteiger partial charge in [0.15, 0.2) is 0 Å². The van der Waals surface area contributed by atoms with Gasteiger partial charge in [0, 0.05) is 13.1 Å². The van der Waals surface area contributed by atoms with Crippen molar-refractivity contribution in [2.75, 3.05) is 13.1 Å². The summed E-state index contributed by atoms with van der Waals surface area (Å²) in [4.78, 5) is 2.14. The molecule has 0 aromatic heterocycles. The summed E-state index contributed by atoms with van der Waals surface area (Å²) >= 11 is 8.90. The summed E-state index contributed by atoms with van der Waals surface area (Å²) < 4.78 is 4.60. The second kappa shape index (κ2) is 15.5. The Morgan fingerprint density at radius 1 is 0.686 bits per heavy atom. The second-order valence-electron chi connectivity index (χ2n) is 11.9. The Balaban J connectivity index is 0.000000168. The SMILES string of the molecule is C1CC[CH]([Sn+]([CH]2CCCCC2)[CH]2CCCCC2)CC1.S=C([S-])N1CCC(Cc2ccccc2)CC1. The molecule has 0 radical (unpaired) electrons. The van der Waals surface area contributed by atoms with Crippen molar-refractivity contribution < 1.29 is 0 Å². The first kappa shape index (κ1) is 28.1. The number of likely N-dealkylation sites (tertiary alicyclic amines) is 1. The zero-order valence-electron chi connectivity index (χ0n) is 22.1. The average molecular weight is 619 g/mol. The second-order valence-corrected chi connectivity index (χ2v) is 22.8. The fraction of sp³-hybridized carbons (Fsp3) is 0.774. The van der Waals surface area contributed by atoms with Crippen LogP contribution in [0.15, 0.2) is 30.3 Å². The molecule has 0 atom stereocenters. The van der Waals surface area contributed by atoms with E-state index in [1.165, 1.54) is 36.6 Å². The van der Waals surface area contributed by atoms with E-state index in [4.69, 9.17) is 24.8 Å². The van der Waals surface area contributed by atoms with Crippen LogP contribution in [0.25, 0.3) is 0 Å². The Hall–Kier alpha value is 0.129. The van der Waals surface area contributed by atoms with E-state index in [2.05, 4.69) is 35.2 Å². The van der Waals surface area contributed by atoms with Crippen LogP contribution in [0.5, 0.6) is 0 Å². The molecule has 3 aliphatic carbocycles. The fourth-order valence-corrected chi connectivity index (χ4v) is 22.9. The molecule has 3 saturated carbocycles. The molecule has 0 spiro atoms. The number of rotatable bonds is 5. The zero-order valence-corrected chi connectivity index (χ0v) is 26.6. The molecule has 1 aromatic rings. The number of thiocarbonyl (C=S) groups is 1. The van der Waals surface area contributed by atoms with Gasteiger partial charge in [-0.3, -0.25) is 0 Å². The molecule has 1 aromatic carbocycles. The number of hydrogen-bond donors (Lipinski definition) is 0. The van der Waals surface area contributed by atoms with Crippen LogP contribution in [-0.4, -0.2) is 42.1 Å². The smallest absolute Gasteiger partial charge is 0.0165 e. The molecule has 0 unspecified atom stereocenters. The van der Waals surface area contributed by atoms with Crippen LogP contribution in [0.2, 0.25) is 11.8 Å². The third kappa shape index (κ3) is 9.13. The maximum absolute atomic E-state index is 5.02. The van der Waals surface area contributed by atoms with Gasteiger partial charge in [-0.1, -0.05) is 34.7 Å². The van der Waals surface area contributed by atoms with Crippen molar-refractivity contribution in [2.45, 2.75) is 127 Å². The third-order valence-corrected chi connectivity index (χ3v) is 23.0. The maximum atomic E-state index is 5.02. The van der Waals surface area contributed by atoms with Crippen LogP contribution < -0.4 is 0 Å². The van der Waals surface area contributed by atoms with E-state index < -0.39 is 19.8 Å². The molecule has 1 saturated heterocycles. The van der Waals surface area contributed by atoms with Gasteiger partial charge in [0.25, 0.3) is 0 Å². The molecule has 4 heteroatoms. The Kier molecular flexibility index (Phi) is 12.5. The van der Waals surface area contributed by atoms with Gasteiger partial charge >= 0.3 is 128 Å². The molecule has 4 fully saturated rings. The molecule has 5 rings (SSSR count). The largest absolute Gasteiger partial charge is 0.411 e. The molecule has 0 bridgehead atoms. The normalized spacial score (nSPS) is 23.4. The van der Waals surface area contributed by atoms with E-state index in [1.807, 2.05) is 0 Å². The summed E-state index contributed by atoms with van der Waals surface area (Å²) in [6, 6.07) is 10.7. The number of nitrogens with zero attached hydrogens (tertiary/aromatic N) is 1. The predicted molar refractivity (Wildman–Crippen MR) is 161 cm³/mol. The van der Waals surface area contributed by atoms with Crippen molar-refractivity contribution in [1.82, 2.24) is 4.90 Å². The summed E-state index contributed by atoms with van der Waals surface area (Å²) in [5, 5.41) is 0. The van der Waals surface area contributed by atoms with Crippen molar-refractivity contribution in [3.63, 3.8) is 0 Å². The van der Waals surface area contributed by atoms with E-state index in [1.54, 1.807) is 96.3 Å². The molecule has 1 aliphatic heterocycles. The summed E-state index contributed by atoms with van der Waals surface area (Å²) in [6.45, 7) is 2.08. The first-order chi connectivity index (χ1) is 17.2. The minimum atomic E-state index is -1.15. The molecular formula is C31H49NS2Sn. The van der Waals surface area contributed by atoms with Gasteiger partial charge in [-0.05, 0) is 30.7 Å². The van der Waals surface area contributed by atoms with Gasteiger partial charge in [0.05, 0.1) is 0 Å². The zero-order chi connectivity index (χ0) is 24.3. The summed E-state index contributed by atoms with van der Waals surface area (Å²) in [6.07, 6.45) is 27.9. The Labute approximate surface area is 234 Å². The van der Waals surface area contributed by atoms with Crippen molar-refractivity contribution in [1.29, 1.82) is 0 Å². The first-order valence-corrected chi connectivity index (χ1v) is 20.8. The van der Waals surface area contributed by atoms with E-state index in [9.17, 15) is 0 Å². The van der Waals surface area contributed by atoms with Gasteiger partial charge in [-0.2, -0.15) is 0 Å². The molecule has 1 heterocycles. The Bertz CT molecular complexity index is 672. The van der Waals surface area contributed by atoms with Crippen LogP contribution in [0.1, 0.15) is 115 Å². The van der Waals surface area contributed by atoms with Gasteiger partial charge < -0.3 is 29.7 Å². The topological polar surface area (TPSA) is 3.24 Å². The van der Waals surface area contributed by atoms with Crippen molar-refractivity contribution in [2.24, 2.45) is 5.92 Å². The predicted octanol–water partition coefficient (Wildman–Crippen LogP) is 9.26. The molecule has 35 heavy (non-hydrogen) atoms. The minimum Gasteiger partial charge on any atom is -0.411 e. The first-order valence-electron chi connectivity index (χ1n) is 15.1. The van der Waals surface area contributed by atoms with Crippen LogP contribution in [0, 0.1) is 5.92 Å². The van der Waals surface area contributed by atoms with Crippen LogP contribution in [0.3, 0.4) is 0 Å². The number of benzene rings is 1. The Morgan fingerprint density at radius 3 is 1.51 bits per heavy atom. The summed E-state index contributed by atoms with van der Waals surface area (Å²) in [5.41, 5.74) is 1.45. The summed E-state index contributed by atoms with van der Waals surface area (Å²) in [7, 11) is 0. The molecule has 0 N–H and O–H groups in total. The molecule has 4 aliphatic rings. The maximum Gasteiger partial charge on any atom is 0.0165 e. The third-order valence-electron chi connectivity index (χ3n) is 9.47. The number of hydrogen-bond acceptors (Lipinski definition) is 2. The van der Waals surface area contributed by atoms with Crippen LogP contribution in [-0.2, 0) is 19.0 Å². The monoisotopic (exact) mass is 619 g/mol. The van der Waals surface area contributed by atoms with E-state index in [0.717, 1.165) is 19.0 Å².